The number of nitrogens with zero attached hydrogens (tertiary/aromatic N) is 5. The van der Waals surface area contributed by atoms with Crippen molar-refractivity contribution in [3.63, 3.8) is 0 Å². The Balaban J connectivity index is 1.53. The molecular weight excluding hydrogens is 326 g/mol. The lowest BCUT2D eigenvalue weighted by atomic mass is 10.0. The molecular formula is C20H23N5O. The fraction of sp³-hybridized carbons (Fsp3) is 0.400. The fourth-order valence-electron chi connectivity index (χ4n) is 3.06. The smallest absolute Gasteiger partial charge is 0.232 e. The Labute approximate surface area is 154 Å². The normalized spacial score (nSPS) is 14.4. The van der Waals surface area contributed by atoms with Gasteiger partial charge in [0.05, 0.1) is 24.5 Å². The van der Waals surface area contributed by atoms with Crippen LogP contribution in [0.25, 0.3) is 0 Å². The molecule has 0 bridgehead atoms. The van der Waals surface area contributed by atoms with E-state index in [2.05, 4.69) is 53.0 Å². The number of carbonyl (C=O) groups is 1. The largest absolute Gasteiger partial charge is 0.365 e. The summed E-state index contributed by atoms with van der Waals surface area (Å²) in [7, 11) is 0. The van der Waals surface area contributed by atoms with Crippen LogP contribution < -0.4 is 4.90 Å². The Morgan fingerprint density at radius 1 is 1.12 bits per heavy atom. The van der Waals surface area contributed by atoms with Gasteiger partial charge in [-0.25, -0.2) is 9.97 Å². The molecule has 1 aliphatic rings. The lowest BCUT2D eigenvalue weighted by molar-refractivity contribution is -0.130. The summed E-state index contributed by atoms with van der Waals surface area (Å²) in [4.78, 5) is 24.6. The summed E-state index contributed by atoms with van der Waals surface area (Å²) in [6.45, 7) is 7.18. The van der Waals surface area contributed by atoms with Gasteiger partial charge in [0.15, 0.2) is 0 Å². The van der Waals surface area contributed by atoms with Gasteiger partial charge in [0.2, 0.25) is 11.7 Å². The maximum Gasteiger partial charge on any atom is 0.232 e. The van der Waals surface area contributed by atoms with Crippen LogP contribution in [0.3, 0.4) is 0 Å². The van der Waals surface area contributed by atoms with Gasteiger partial charge in [-0.3, -0.25) is 4.79 Å². The molecule has 1 amide bonds. The number of aromatic nitrogens is 2. The number of anilines is 1. The van der Waals surface area contributed by atoms with Crippen LogP contribution in [0.15, 0.2) is 36.7 Å². The zero-order valence-electron chi connectivity index (χ0n) is 15.2. The third-order valence-electron chi connectivity index (χ3n) is 4.74. The van der Waals surface area contributed by atoms with Crippen LogP contribution in [0.5, 0.6) is 0 Å². The van der Waals surface area contributed by atoms with Crippen LogP contribution in [0.4, 0.5) is 5.69 Å². The van der Waals surface area contributed by atoms with Crippen molar-refractivity contribution in [2.45, 2.75) is 26.2 Å². The minimum atomic E-state index is 0.165. The summed E-state index contributed by atoms with van der Waals surface area (Å²) >= 11 is 0. The molecule has 0 saturated carbocycles. The molecule has 0 spiro atoms. The molecule has 134 valence electrons. The van der Waals surface area contributed by atoms with Gasteiger partial charge >= 0.3 is 0 Å². The molecule has 3 rings (SSSR count). The first-order valence-electron chi connectivity index (χ1n) is 8.90. The van der Waals surface area contributed by atoms with E-state index >= 15 is 0 Å². The minimum Gasteiger partial charge on any atom is -0.365 e. The first kappa shape index (κ1) is 17.9. The SMILES string of the molecule is CC(C)c1ccc(CC(=O)N2CCN(c3cnc(C#N)nc3)CC2)cc1. The van der Waals surface area contributed by atoms with Gasteiger partial charge in [0, 0.05) is 26.2 Å². The second kappa shape index (κ2) is 7.96. The van der Waals surface area contributed by atoms with E-state index in [4.69, 9.17) is 5.26 Å². The zero-order valence-corrected chi connectivity index (χ0v) is 15.2. The highest BCUT2D eigenvalue weighted by molar-refractivity contribution is 5.79. The lowest BCUT2D eigenvalue weighted by Gasteiger charge is -2.35. The van der Waals surface area contributed by atoms with Crippen molar-refractivity contribution in [1.82, 2.24) is 14.9 Å². The predicted octanol–water partition coefficient (Wildman–Crippen LogP) is 2.36. The molecule has 0 radical (unpaired) electrons. The summed E-state index contributed by atoms with van der Waals surface area (Å²) in [6, 6.07) is 10.2. The van der Waals surface area contributed by atoms with Crippen LogP contribution in [-0.4, -0.2) is 47.0 Å². The maximum absolute atomic E-state index is 12.6. The fourth-order valence-corrected chi connectivity index (χ4v) is 3.06. The van der Waals surface area contributed by atoms with Crippen LogP contribution in [0.1, 0.15) is 36.7 Å². The molecule has 0 unspecified atom stereocenters. The van der Waals surface area contributed by atoms with E-state index in [0.717, 1.165) is 24.3 Å². The summed E-state index contributed by atoms with van der Waals surface area (Å²) in [5.74, 6) is 0.836. The molecule has 1 fully saturated rings. The second-order valence-electron chi connectivity index (χ2n) is 6.82. The predicted molar refractivity (Wildman–Crippen MR) is 99.8 cm³/mol. The lowest BCUT2D eigenvalue weighted by Crippen LogP contribution is -2.49. The van der Waals surface area contributed by atoms with Crippen molar-refractivity contribution >= 4 is 11.6 Å². The minimum absolute atomic E-state index is 0.165. The van der Waals surface area contributed by atoms with Crippen LogP contribution in [0.2, 0.25) is 0 Å². The molecule has 0 N–H and O–H groups in total. The third-order valence-corrected chi connectivity index (χ3v) is 4.74. The van der Waals surface area contributed by atoms with Gasteiger partial charge in [0.1, 0.15) is 6.07 Å². The number of hydrogen-bond donors (Lipinski definition) is 0. The summed E-state index contributed by atoms with van der Waals surface area (Å²) in [5.41, 5.74) is 3.24. The average molecular weight is 349 g/mol. The molecule has 26 heavy (non-hydrogen) atoms. The second-order valence-corrected chi connectivity index (χ2v) is 6.82. The first-order chi connectivity index (χ1) is 12.6. The van der Waals surface area contributed by atoms with E-state index in [-0.39, 0.29) is 11.7 Å². The highest BCUT2D eigenvalue weighted by atomic mass is 16.2. The topological polar surface area (TPSA) is 73.1 Å². The van der Waals surface area contributed by atoms with Gasteiger partial charge in [-0.05, 0) is 17.0 Å². The number of benzene rings is 1. The number of amides is 1. The number of piperazine rings is 1. The molecule has 1 aliphatic heterocycles. The quantitative estimate of drug-likeness (QED) is 0.847. The Bertz CT molecular complexity index is 784. The first-order valence-corrected chi connectivity index (χ1v) is 8.90. The standard InChI is InChI=1S/C20H23N5O/c1-15(2)17-5-3-16(4-6-17)11-20(26)25-9-7-24(8-10-25)18-13-22-19(12-21)23-14-18/h3-6,13-15H,7-11H2,1-2H3. The highest BCUT2D eigenvalue weighted by Gasteiger charge is 2.21. The van der Waals surface area contributed by atoms with Crippen molar-refractivity contribution in [2.75, 3.05) is 31.1 Å². The van der Waals surface area contributed by atoms with Gasteiger partial charge in [-0.15, -0.1) is 0 Å². The number of carbonyl (C=O) groups excluding carboxylic acids is 1. The van der Waals surface area contributed by atoms with E-state index in [9.17, 15) is 4.79 Å². The van der Waals surface area contributed by atoms with E-state index < -0.39 is 0 Å². The van der Waals surface area contributed by atoms with Gasteiger partial charge in [-0.2, -0.15) is 5.26 Å². The third kappa shape index (κ3) is 4.17. The molecule has 1 aromatic heterocycles. The van der Waals surface area contributed by atoms with E-state index in [1.165, 1.54) is 5.56 Å². The highest BCUT2D eigenvalue weighted by Crippen LogP contribution is 2.17. The zero-order chi connectivity index (χ0) is 18.5. The van der Waals surface area contributed by atoms with Crippen molar-refractivity contribution < 1.29 is 4.79 Å². The van der Waals surface area contributed by atoms with Crippen LogP contribution in [-0.2, 0) is 11.2 Å². The number of rotatable bonds is 4. The van der Waals surface area contributed by atoms with Crippen molar-refractivity contribution in [2.24, 2.45) is 0 Å². The molecule has 1 saturated heterocycles. The van der Waals surface area contributed by atoms with Gasteiger partial charge < -0.3 is 9.80 Å². The molecule has 1 aromatic carbocycles. The molecule has 2 heterocycles. The Hall–Kier alpha value is -2.94. The van der Waals surface area contributed by atoms with Gasteiger partial charge in [-0.1, -0.05) is 38.1 Å². The Morgan fingerprint density at radius 3 is 2.27 bits per heavy atom. The molecule has 0 atom stereocenters. The molecule has 6 heteroatoms. The van der Waals surface area contributed by atoms with E-state index in [0.29, 0.717) is 25.4 Å². The maximum atomic E-state index is 12.6. The average Bonchev–Trinajstić information content (AvgIpc) is 2.68. The monoisotopic (exact) mass is 349 g/mol. The molecule has 2 aromatic rings. The summed E-state index contributed by atoms with van der Waals surface area (Å²) in [5, 5.41) is 8.77. The van der Waals surface area contributed by atoms with E-state index in [1.54, 1.807) is 12.4 Å². The number of nitriles is 1. The Morgan fingerprint density at radius 2 is 1.73 bits per heavy atom. The van der Waals surface area contributed by atoms with Crippen molar-refractivity contribution in [3.8, 4) is 6.07 Å². The summed E-state index contributed by atoms with van der Waals surface area (Å²) in [6.07, 6.45) is 3.77. The summed E-state index contributed by atoms with van der Waals surface area (Å²) < 4.78 is 0. The van der Waals surface area contributed by atoms with Gasteiger partial charge in [0.25, 0.3) is 0 Å². The van der Waals surface area contributed by atoms with E-state index in [1.807, 2.05) is 11.0 Å². The number of hydrogen-bond acceptors (Lipinski definition) is 5. The molecule has 0 aliphatic carbocycles. The molecule has 6 nitrogen and oxygen atoms in total. The van der Waals surface area contributed by atoms with Crippen molar-refractivity contribution in [3.05, 3.63) is 53.6 Å². The van der Waals surface area contributed by atoms with Crippen LogP contribution >= 0.6 is 0 Å². The van der Waals surface area contributed by atoms with Crippen molar-refractivity contribution in [1.29, 1.82) is 5.26 Å². The van der Waals surface area contributed by atoms with Crippen LogP contribution in [0, 0.1) is 11.3 Å². The Kier molecular flexibility index (Phi) is 5.47.